The van der Waals surface area contributed by atoms with Gasteiger partial charge in [-0.3, -0.25) is 0 Å². The number of aryl methyl sites for hydroxylation is 2. The number of ether oxygens (including phenoxy) is 2. The predicted molar refractivity (Wildman–Crippen MR) is 259 cm³/mol. The van der Waals surface area contributed by atoms with Crippen LogP contribution in [0.1, 0.15) is 117 Å². The van der Waals surface area contributed by atoms with E-state index in [0.29, 0.717) is 35.7 Å². The predicted octanol–water partition coefficient (Wildman–Crippen LogP) is 15.5. The molecule has 2 aliphatic rings. The van der Waals surface area contributed by atoms with Crippen molar-refractivity contribution < 1.29 is 23.4 Å². The number of hydrogen-bond donors (Lipinski definition) is 1. The molecule has 7 heteroatoms. The molecule has 8 rings (SSSR count). The van der Waals surface area contributed by atoms with Crippen molar-refractivity contribution in [3.05, 3.63) is 164 Å². The molecule has 0 spiro atoms. The van der Waals surface area contributed by atoms with E-state index in [4.69, 9.17) is 9.47 Å². The minimum atomic E-state index is -1.27. The van der Waals surface area contributed by atoms with Gasteiger partial charge in [-0.15, -0.1) is 22.7 Å². The van der Waals surface area contributed by atoms with Crippen LogP contribution in [-0.4, -0.2) is 17.3 Å². The van der Waals surface area contributed by atoms with E-state index in [-0.39, 0.29) is 29.8 Å². The molecule has 0 amide bonds. The molecule has 1 N–H and O–H groups in total. The summed E-state index contributed by atoms with van der Waals surface area (Å²) in [6.07, 6.45) is 4.20. The maximum Gasteiger partial charge on any atom is 0.195 e. The average molecular weight is 889 g/mol. The Morgan fingerprint density at radius 3 is 1.57 bits per heavy atom. The first kappa shape index (κ1) is 47.0. The van der Waals surface area contributed by atoms with Gasteiger partial charge in [-0.05, 0) is 150 Å². The minimum absolute atomic E-state index is 0.00247. The zero-order chi connectivity index (χ0) is 45.2. The second-order valence-electron chi connectivity index (χ2n) is 18.6. The van der Waals surface area contributed by atoms with Crippen molar-refractivity contribution >= 4 is 22.7 Å². The van der Waals surface area contributed by atoms with Crippen LogP contribution < -0.4 is 0 Å². The second-order valence-corrected chi connectivity index (χ2v) is 20.9. The van der Waals surface area contributed by atoms with Crippen LogP contribution in [0.25, 0.3) is 20.9 Å². The fourth-order valence-electron chi connectivity index (χ4n) is 9.76. The Kier molecular flexibility index (Phi) is 14.9. The number of hydrogen-bond acceptors (Lipinski definition) is 5. The van der Waals surface area contributed by atoms with Crippen LogP contribution in [0.5, 0.6) is 0 Å². The molecule has 63 heavy (non-hydrogen) atoms. The maximum atomic E-state index is 13.3. The van der Waals surface area contributed by atoms with Gasteiger partial charge in [-0.2, -0.15) is 0 Å². The van der Waals surface area contributed by atoms with Gasteiger partial charge in [0.1, 0.15) is 11.6 Å². The van der Waals surface area contributed by atoms with Gasteiger partial charge in [-0.1, -0.05) is 110 Å². The molecular weight excluding hydrogens is 823 g/mol. The topological polar surface area (TPSA) is 38.7 Å². The molecule has 4 aromatic carbocycles. The molecule has 6 aromatic rings. The summed E-state index contributed by atoms with van der Waals surface area (Å²) >= 11 is 3.51. The van der Waals surface area contributed by atoms with E-state index >= 15 is 0 Å². The van der Waals surface area contributed by atoms with Gasteiger partial charge in [0.25, 0.3) is 0 Å². The summed E-state index contributed by atoms with van der Waals surface area (Å²) in [6.45, 7) is 22.3. The van der Waals surface area contributed by atoms with Crippen molar-refractivity contribution in [2.45, 2.75) is 119 Å². The Morgan fingerprint density at radius 1 is 0.556 bits per heavy atom. The summed E-state index contributed by atoms with van der Waals surface area (Å²) in [5.41, 5.74) is 9.32. The maximum absolute atomic E-state index is 13.3. The standard InChI is InChI=1S/C28H33FO2S.C28H33FOS/c1-6-26-19(4)18(3)20(5)28(30,31-26)23-10-7-17(2)22(15-23)16-25-13-14-27(32-25)21-8-11-24(29)12-9-21;1-6-26-19(4)18(3)20(5)28(30-26)22-8-7-17(2)23(15-22)16-25-13-14-27(31-25)21-9-11-24(29)12-10-21/h7-15,18-20,26,30H,6,16H2,1-5H3;7-15,18-20,26,28H,6,16H2,1-5H3/t2*18-,19-,20+,26+,28?/m00/s1. The van der Waals surface area contributed by atoms with E-state index in [1.807, 2.05) is 30.3 Å². The zero-order valence-corrected chi connectivity index (χ0v) is 40.4. The summed E-state index contributed by atoms with van der Waals surface area (Å²) in [4.78, 5) is 4.88. The summed E-state index contributed by atoms with van der Waals surface area (Å²) < 4.78 is 39.5. The largest absolute Gasteiger partial charge is 0.370 e. The first-order valence-electron chi connectivity index (χ1n) is 23.0. The summed E-state index contributed by atoms with van der Waals surface area (Å²) in [6, 6.07) is 35.1. The monoisotopic (exact) mass is 888 g/mol. The molecule has 0 aliphatic carbocycles. The van der Waals surface area contributed by atoms with Crippen molar-refractivity contribution in [1.82, 2.24) is 0 Å². The van der Waals surface area contributed by atoms with Crippen molar-refractivity contribution in [3.8, 4) is 20.9 Å². The van der Waals surface area contributed by atoms with Crippen LogP contribution in [0.2, 0.25) is 0 Å². The highest BCUT2D eigenvalue weighted by Gasteiger charge is 2.49. The third kappa shape index (κ3) is 10.3. The quantitative estimate of drug-likeness (QED) is 0.149. The Balaban J connectivity index is 0.000000189. The van der Waals surface area contributed by atoms with Gasteiger partial charge >= 0.3 is 0 Å². The highest BCUT2D eigenvalue weighted by atomic mass is 32.1. The van der Waals surface area contributed by atoms with E-state index in [1.54, 1.807) is 22.7 Å². The van der Waals surface area contributed by atoms with E-state index < -0.39 is 5.79 Å². The summed E-state index contributed by atoms with van der Waals surface area (Å²) in [7, 11) is 0. The Labute approximate surface area is 383 Å². The van der Waals surface area contributed by atoms with E-state index in [0.717, 1.165) is 47.3 Å². The molecule has 2 saturated heterocycles. The molecule has 4 heterocycles. The molecular formula is C56H66F2O3S2. The lowest BCUT2D eigenvalue weighted by Gasteiger charge is -2.49. The lowest BCUT2D eigenvalue weighted by molar-refractivity contribution is -0.316. The van der Waals surface area contributed by atoms with E-state index in [2.05, 4.69) is 124 Å². The molecule has 0 radical (unpaired) electrons. The van der Waals surface area contributed by atoms with Crippen molar-refractivity contribution in [3.63, 3.8) is 0 Å². The van der Waals surface area contributed by atoms with Gasteiger partial charge in [0.15, 0.2) is 5.79 Å². The number of thiophene rings is 2. The van der Waals surface area contributed by atoms with Crippen LogP contribution in [0.3, 0.4) is 0 Å². The van der Waals surface area contributed by atoms with Gasteiger partial charge in [0.2, 0.25) is 0 Å². The first-order valence-corrected chi connectivity index (χ1v) is 24.7. The average Bonchev–Trinajstić information content (AvgIpc) is 3.96. The molecule has 0 bridgehead atoms. The van der Waals surface area contributed by atoms with Gasteiger partial charge in [0, 0.05) is 43.8 Å². The third-order valence-corrected chi connectivity index (χ3v) is 17.0. The zero-order valence-electron chi connectivity index (χ0n) is 38.8. The van der Waals surface area contributed by atoms with Crippen LogP contribution in [0, 0.1) is 61.0 Å². The fraction of sp³-hybridized carbons (Fsp3) is 0.429. The highest BCUT2D eigenvalue weighted by Crippen LogP contribution is 2.47. The number of aliphatic hydroxyl groups is 1. The van der Waals surface area contributed by atoms with Crippen LogP contribution in [0.15, 0.2) is 109 Å². The normalized spacial score (nSPS) is 27.2. The number of halogens is 2. The van der Waals surface area contributed by atoms with Crippen molar-refractivity contribution in [2.24, 2.45) is 35.5 Å². The number of rotatable bonds is 10. The second kappa shape index (κ2) is 20.0. The lowest BCUT2D eigenvalue weighted by atomic mass is 9.72. The molecule has 2 aliphatic heterocycles. The lowest BCUT2D eigenvalue weighted by Crippen LogP contribution is -2.51. The minimum Gasteiger partial charge on any atom is -0.370 e. The molecule has 2 aromatic heterocycles. The van der Waals surface area contributed by atoms with Crippen LogP contribution in [-0.2, 0) is 28.1 Å². The smallest absolute Gasteiger partial charge is 0.195 e. The van der Waals surface area contributed by atoms with E-state index in [9.17, 15) is 13.9 Å². The molecule has 2 unspecified atom stereocenters. The Morgan fingerprint density at radius 2 is 1.05 bits per heavy atom. The van der Waals surface area contributed by atoms with Crippen LogP contribution in [0.4, 0.5) is 8.78 Å². The Hall–Kier alpha value is -3.98. The van der Waals surface area contributed by atoms with Gasteiger partial charge < -0.3 is 14.6 Å². The molecule has 0 saturated carbocycles. The van der Waals surface area contributed by atoms with E-state index in [1.165, 1.54) is 66.7 Å². The number of benzene rings is 4. The molecule has 3 nitrogen and oxygen atoms in total. The van der Waals surface area contributed by atoms with Crippen molar-refractivity contribution in [1.29, 1.82) is 0 Å². The highest BCUT2D eigenvalue weighted by molar-refractivity contribution is 7.15. The first-order chi connectivity index (χ1) is 30.1. The molecule has 2 fully saturated rings. The van der Waals surface area contributed by atoms with Crippen LogP contribution >= 0.6 is 22.7 Å². The SMILES string of the molecule is CC[C@H]1OC(O)(c2ccc(C)c(Cc3ccc(-c4ccc(F)cc4)s3)c2)[C@H](C)[C@@H](C)[C@@H]1C.CC[C@H]1OC(c2ccc(C)c(Cc3ccc(-c4ccc(F)cc4)s3)c2)[C@H](C)[C@@H](C)[C@@H]1C. The Bertz CT molecular complexity index is 2430. The van der Waals surface area contributed by atoms with Gasteiger partial charge in [0.05, 0.1) is 18.3 Å². The summed E-state index contributed by atoms with van der Waals surface area (Å²) in [5.74, 6) is 0.827. The summed E-state index contributed by atoms with van der Waals surface area (Å²) in [5, 5.41) is 11.7. The van der Waals surface area contributed by atoms with Gasteiger partial charge in [-0.25, -0.2) is 8.78 Å². The molecule has 334 valence electrons. The fourth-order valence-corrected chi connectivity index (χ4v) is 11.8. The third-order valence-electron chi connectivity index (χ3n) is 14.8. The van der Waals surface area contributed by atoms with Crippen molar-refractivity contribution in [2.75, 3.05) is 0 Å². The molecule has 10 atom stereocenters.